The molecule has 0 fully saturated rings. The predicted molar refractivity (Wildman–Crippen MR) is 49.9 cm³/mol. The van der Waals surface area contributed by atoms with Gasteiger partial charge in [-0.15, -0.1) is 0 Å². The highest BCUT2D eigenvalue weighted by Crippen LogP contribution is 2.24. The van der Waals surface area contributed by atoms with Gasteiger partial charge < -0.3 is 16.4 Å². The van der Waals surface area contributed by atoms with Crippen molar-refractivity contribution in [1.82, 2.24) is 9.97 Å². The maximum absolute atomic E-state index is 10.6. The first-order valence-corrected chi connectivity index (χ1v) is 3.78. The molecule has 13 heavy (non-hydrogen) atoms. The number of nitrogen functional groups attached to an aromatic ring is 2. The van der Waals surface area contributed by atoms with E-state index in [-0.39, 0.29) is 11.6 Å². The fourth-order valence-corrected chi connectivity index (χ4v) is 0.986. The van der Waals surface area contributed by atoms with Crippen molar-refractivity contribution < 1.29 is 4.79 Å². The Morgan fingerprint density at radius 2 is 2.00 bits per heavy atom. The quantitative estimate of drug-likeness (QED) is 0.619. The minimum Gasteiger partial charge on any atom is -0.382 e. The van der Waals surface area contributed by atoms with Gasteiger partial charge in [-0.05, 0) is 6.92 Å². The molecule has 1 aromatic heterocycles. The monoisotopic (exact) mass is 181 g/mol. The molecule has 0 spiro atoms. The highest BCUT2D eigenvalue weighted by molar-refractivity contribution is 5.86. The van der Waals surface area contributed by atoms with Crippen LogP contribution in [0, 0.1) is 0 Å². The Labute approximate surface area is 75.6 Å². The van der Waals surface area contributed by atoms with E-state index in [9.17, 15) is 4.79 Å². The van der Waals surface area contributed by atoms with E-state index in [2.05, 4.69) is 9.97 Å². The van der Waals surface area contributed by atoms with Crippen molar-refractivity contribution in [1.29, 1.82) is 0 Å². The van der Waals surface area contributed by atoms with Gasteiger partial charge >= 0.3 is 0 Å². The summed E-state index contributed by atoms with van der Waals surface area (Å²) in [4.78, 5) is 19.4. The number of nitrogens with zero attached hydrogens (tertiary/aromatic N) is 3. The third-order valence-electron chi connectivity index (χ3n) is 1.63. The molecule has 0 unspecified atom stereocenters. The van der Waals surface area contributed by atoms with E-state index in [4.69, 9.17) is 11.5 Å². The van der Waals surface area contributed by atoms with Gasteiger partial charge in [0.2, 0.25) is 6.41 Å². The third kappa shape index (κ3) is 1.66. The summed E-state index contributed by atoms with van der Waals surface area (Å²) in [5.41, 5.74) is 11.5. The molecule has 0 atom stereocenters. The molecule has 0 radical (unpaired) electrons. The lowest BCUT2D eigenvalue weighted by Gasteiger charge is -2.17. The van der Waals surface area contributed by atoms with Crippen LogP contribution in [0.4, 0.5) is 17.3 Å². The van der Waals surface area contributed by atoms with E-state index >= 15 is 0 Å². The molecule has 1 amide bonds. The Kier molecular flexibility index (Phi) is 2.63. The van der Waals surface area contributed by atoms with E-state index in [1.807, 2.05) is 0 Å². The van der Waals surface area contributed by atoms with Crippen LogP contribution in [0.25, 0.3) is 0 Å². The van der Waals surface area contributed by atoms with E-state index in [0.717, 1.165) is 0 Å². The molecular formula is C7H11N5O. The molecule has 0 aliphatic heterocycles. The summed E-state index contributed by atoms with van der Waals surface area (Å²) >= 11 is 0. The topological polar surface area (TPSA) is 98.1 Å². The van der Waals surface area contributed by atoms with E-state index in [1.165, 1.54) is 11.2 Å². The Morgan fingerprint density at radius 3 is 2.38 bits per heavy atom. The molecule has 0 bridgehead atoms. The fraction of sp³-hybridized carbons (Fsp3) is 0.286. The smallest absolute Gasteiger partial charge is 0.214 e. The molecule has 6 heteroatoms. The number of rotatable bonds is 3. The lowest BCUT2D eigenvalue weighted by atomic mass is 10.4. The fourth-order valence-electron chi connectivity index (χ4n) is 0.986. The number of carbonyl (C=O) groups excluding carboxylic acids is 1. The zero-order valence-corrected chi connectivity index (χ0v) is 7.27. The normalized spacial score (nSPS) is 9.62. The first-order chi connectivity index (χ1) is 6.20. The summed E-state index contributed by atoms with van der Waals surface area (Å²) in [7, 11) is 0. The van der Waals surface area contributed by atoms with Gasteiger partial charge in [-0.25, -0.2) is 9.97 Å². The van der Waals surface area contributed by atoms with Gasteiger partial charge in [-0.2, -0.15) is 0 Å². The summed E-state index contributed by atoms with van der Waals surface area (Å²) < 4.78 is 0. The predicted octanol–water partition coefficient (Wildman–Crippen LogP) is -0.376. The summed E-state index contributed by atoms with van der Waals surface area (Å²) in [5.74, 6) is 0.419. The van der Waals surface area contributed by atoms with Crippen molar-refractivity contribution in [3.8, 4) is 0 Å². The molecule has 0 aliphatic rings. The van der Waals surface area contributed by atoms with Crippen molar-refractivity contribution in [3.05, 3.63) is 6.33 Å². The Hall–Kier alpha value is -1.85. The number of anilines is 3. The lowest BCUT2D eigenvalue weighted by molar-refractivity contribution is -0.107. The molecule has 1 heterocycles. The molecule has 0 saturated carbocycles. The van der Waals surface area contributed by atoms with Crippen LogP contribution in [0.2, 0.25) is 0 Å². The molecular weight excluding hydrogens is 170 g/mol. The van der Waals surface area contributed by atoms with E-state index in [0.29, 0.717) is 18.6 Å². The zero-order valence-electron chi connectivity index (χ0n) is 7.27. The average molecular weight is 181 g/mol. The van der Waals surface area contributed by atoms with Gasteiger partial charge in [0.15, 0.2) is 11.6 Å². The summed E-state index contributed by atoms with van der Waals surface area (Å²) in [6, 6.07) is 0. The SMILES string of the molecule is CCN(C=O)c1c(N)ncnc1N. The van der Waals surface area contributed by atoms with Crippen LogP contribution in [0.5, 0.6) is 0 Å². The molecule has 4 N–H and O–H groups in total. The van der Waals surface area contributed by atoms with Gasteiger partial charge in [0.25, 0.3) is 0 Å². The van der Waals surface area contributed by atoms with Crippen molar-refractivity contribution in [2.75, 3.05) is 22.9 Å². The highest BCUT2D eigenvalue weighted by Gasteiger charge is 2.12. The van der Waals surface area contributed by atoms with Gasteiger partial charge in [-0.1, -0.05) is 0 Å². The zero-order chi connectivity index (χ0) is 9.84. The standard InChI is InChI=1S/C7H11N5O/c1-2-12(4-13)5-6(8)10-3-11-7(5)9/h3-4H,2H2,1H3,(H4,8,9,10,11). The van der Waals surface area contributed by atoms with Crippen molar-refractivity contribution in [2.45, 2.75) is 6.92 Å². The maximum atomic E-state index is 10.6. The number of hydrogen-bond acceptors (Lipinski definition) is 5. The number of hydrogen-bond donors (Lipinski definition) is 2. The lowest BCUT2D eigenvalue weighted by Crippen LogP contribution is -2.23. The van der Waals surface area contributed by atoms with Crippen LogP contribution in [0.1, 0.15) is 6.92 Å². The van der Waals surface area contributed by atoms with Crippen LogP contribution >= 0.6 is 0 Å². The van der Waals surface area contributed by atoms with Crippen LogP contribution in [0.15, 0.2) is 6.33 Å². The van der Waals surface area contributed by atoms with Crippen molar-refractivity contribution in [3.63, 3.8) is 0 Å². The average Bonchev–Trinajstić information content (AvgIpc) is 2.11. The number of carbonyl (C=O) groups is 1. The molecule has 6 nitrogen and oxygen atoms in total. The molecule has 0 aromatic carbocycles. The van der Waals surface area contributed by atoms with Crippen LogP contribution < -0.4 is 16.4 Å². The Balaban J connectivity index is 3.17. The van der Waals surface area contributed by atoms with Gasteiger partial charge in [0.05, 0.1) is 0 Å². The first-order valence-electron chi connectivity index (χ1n) is 3.78. The largest absolute Gasteiger partial charge is 0.382 e. The van der Waals surface area contributed by atoms with E-state index in [1.54, 1.807) is 6.92 Å². The molecule has 0 saturated heterocycles. The van der Waals surface area contributed by atoms with Gasteiger partial charge in [-0.3, -0.25) is 4.79 Å². The van der Waals surface area contributed by atoms with Crippen molar-refractivity contribution >= 4 is 23.7 Å². The van der Waals surface area contributed by atoms with Crippen LogP contribution in [-0.4, -0.2) is 22.9 Å². The molecule has 1 rings (SSSR count). The summed E-state index contributed by atoms with van der Waals surface area (Å²) in [5, 5.41) is 0. The Morgan fingerprint density at radius 1 is 1.46 bits per heavy atom. The number of amides is 1. The minimum absolute atomic E-state index is 0.210. The number of nitrogens with two attached hydrogens (primary N) is 2. The van der Waals surface area contributed by atoms with Crippen LogP contribution in [0.3, 0.4) is 0 Å². The second-order valence-electron chi connectivity index (χ2n) is 2.38. The second-order valence-corrected chi connectivity index (χ2v) is 2.38. The first kappa shape index (κ1) is 9.24. The molecule has 1 aromatic rings. The highest BCUT2D eigenvalue weighted by atomic mass is 16.1. The number of aromatic nitrogens is 2. The van der Waals surface area contributed by atoms with E-state index < -0.39 is 0 Å². The second kappa shape index (κ2) is 3.70. The van der Waals surface area contributed by atoms with Crippen LogP contribution in [-0.2, 0) is 4.79 Å². The molecule has 0 aliphatic carbocycles. The summed E-state index contributed by atoms with van der Waals surface area (Å²) in [6.07, 6.45) is 1.90. The molecule has 70 valence electrons. The minimum atomic E-state index is 0.210. The van der Waals surface area contributed by atoms with Gasteiger partial charge in [0.1, 0.15) is 12.0 Å². The van der Waals surface area contributed by atoms with Crippen molar-refractivity contribution in [2.24, 2.45) is 0 Å². The summed E-state index contributed by atoms with van der Waals surface area (Å²) in [6.45, 7) is 2.28. The van der Waals surface area contributed by atoms with Gasteiger partial charge in [0, 0.05) is 6.54 Å². The Bertz CT molecular complexity index is 294. The third-order valence-corrected chi connectivity index (χ3v) is 1.63. The maximum Gasteiger partial charge on any atom is 0.214 e.